The summed E-state index contributed by atoms with van der Waals surface area (Å²) in [5.74, 6) is 0. The number of anilines is 1. The third-order valence-electron chi connectivity index (χ3n) is 1.87. The first-order valence-electron chi connectivity index (χ1n) is 3.76. The Kier molecular flexibility index (Phi) is 1.12. The zero-order valence-electron chi connectivity index (χ0n) is 6.52. The minimum absolute atomic E-state index is 0.786. The zero-order valence-corrected chi connectivity index (χ0v) is 6.52. The van der Waals surface area contributed by atoms with Crippen LogP contribution in [0, 0.1) is 0 Å². The first kappa shape index (κ1) is 6.49. The molecule has 0 spiro atoms. The number of nitrogens with zero attached hydrogens (tertiary/aromatic N) is 4. The molecule has 2 heterocycles. The summed E-state index contributed by atoms with van der Waals surface area (Å²) < 4.78 is 0. The van der Waals surface area contributed by atoms with Crippen LogP contribution in [-0.4, -0.2) is 15.5 Å². The summed E-state index contributed by atoms with van der Waals surface area (Å²) in [4.78, 5) is 1.52. The van der Waals surface area contributed by atoms with Gasteiger partial charge < -0.3 is 0 Å². The van der Waals surface area contributed by atoms with E-state index in [9.17, 15) is 0 Å². The highest BCUT2D eigenvalue weighted by Crippen LogP contribution is 2.16. The van der Waals surface area contributed by atoms with Crippen LogP contribution in [0.1, 0.15) is 0 Å². The number of para-hydroxylation sites is 1. The molecule has 1 aromatic carbocycles. The summed E-state index contributed by atoms with van der Waals surface area (Å²) in [6.45, 7) is 0. The van der Waals surface area contributed by atoms with Crippen LogP contribution in [0.2, 0.25) is 0 Å². The standard InChI is InChI=1S/C6H5N7/c1-2-4-6-5(3-1)8-10-12-13(6)11-9-7-4/h1-3H,(H2,7,8,11,12)/p+1. The van der Waals surface area contributed by atoms with Gasteiger partial charge >= 0.3 is 0 Å². The van der Waals surface area contributed by atoms with E-state index in [1.54, 1.807) is 0 Å². The van der Waals surface area contributed by atoms with Gasteiger partial charge in [0.1, 0.15) is 5.69 Å². The van der Waals surface area contributed by atoms with Gasteiger partial charge in [-0.05, 0) is 22.0 Å². The lowest BCUT2D eigenvalue weighted by atomic mass is 10.2. The second-order valence-electron chi connectivity index (χ2n) is 2.63. The van der Waals surface area contributed by atoms with Crippen LogP contribution in [0.3, 0.4) is 0 Å². The summed E-state index contributed by atoms with van der Waals surface area (Å²) in [6.07, 6.45) is 0. The Morgan fingerprint density at radius 1 is 1.31 bits per heavy atom. The van der Waals surface area contributed by atoms with Gasteiger partial charge in [0, 0.05) is 0 Å². The molecular weight excluding hydrogens is 170 g/mol. The predicted molar refractivity (Wildman–Crippen MR) is 43.6 cm³/mol. The van der Waals surface area contributed by atoms with Crippen molar-refractivity contribution >= 4 is 16.7 Å². The molecule has 1 aliphatic rings. The quantitative estimate of drug-likeness (QED) is 0.433. The summed E-state index contributed by atoms with van der Waals surface area (Å²) in [5.41, 5.74) is 11.0. The number of rotatable bonds is 0. The summed E-state index contributed by atoms with van der Waals surface area (Å²) in [7, 11) is 0. The minimum atomic E-state index is 0.786. The number of aromatic nitrogens is 4. The van der Waals surface area contributed by atoms with Crippen LogP contribution in [0.15, 0.2) is 18.2 Å². The molecule has 7 heteroatoms. The van der Waals surface area contributed by atoms with Gasteiger partial charge in [0.15, 0.2) is 10.7 Å². The van der Waals surface area contributed by atoms with Crippen molar-refractivity contribution < 1.29 is 4.79 Å². The molecule has 64 valence electrons. The van der Waals surface area contributed by atoms with Gasteiger partial charge in [-0.25, -0.2) is 0 Å². The van der Waals surface area contributed by atoms with Gasteiger partial charge in [0.05, 0.1) is 0 Å². The second-order valence-corrected chi connectivity index (χ2v) is 2.63. The molecule has 0 atom stereocenters. The number of hydrogen-bond donors (Lipinski definition) is 3. The monoisotopic (exact) mass is 176 g/mol. The molecule has 0 radical (unpaired) electrons. The normalized spacial score (nSPS) is 13.5. The van der Waals surface area contributed by atoms with Crippen LogP contribution < -0.4 is 21.3 Å². The van der Waals surface area contributed by atoms with E-state index in [-0.39, 0.29) is 0 Å². The van der Waals surface area contributed by atoms with E-state index in [0.717, 1.165) is 16.7 Å². The number of nitrogens with one attached hydrogen (secondary N) is 3. The van der Waals surface area contributed by atoms with Crippen molar-refractivity contribution in [3.05, 3.63) is 18.2 Å². The van der Waals surface area contributed by atoms with E-state index in [1.807, 2.05) is 18.2 Å². The van der Waals surface area contributed by atoms with E-state index in [2.05, 4.69) is 32.0 Å². The van der Waals surface area contributed by atoms with Crippen LogP contribution in [0.4, 0.5) is 5.69 Å². The van der Waals surface area contributed by atoms with Gasteiger partial charge in [-0.15, -0.1) is 11.1 Å². The van der Waals surface area contributed by atoms with Crippen molar-refractivity contribution in [1.82, 2.24) is 21.1 Å². The minimum Gasteiger partial charge on any atom is -0.297 e. The summed E-state index contributed by atoms with van der Waals surface area (Å²) in [5, 5.41) is 11.3. The number of hydrogen-bond acceptors (Lipinski definition) is 6. The molecule has 0 saturated carbocycles. The van der Waals surface area contributed by atoms with E-state index in [4.69, 9.17) is 0 Å². The molecular formula is C6H6N7+. The lowest BCUT2D eigenvalue weighted by Crippen LogP contribution is -2.60. The fraction of sp³-hybridized carbons (Fsp3) is 0. The van der Waals surface area contributed by atoms with E-state index in [1.165, 1.54) is 4.79 Å². The third kappa shape index (κ3) is 0.812. The Morgan fingerprint density at radius 2 is 2.31 bits per heavy atom. The lowest BCUT2D eigenvalue weighted by molar-refractivity contribution is -0.697. The SMILES string of the molecule is c1cc2c3c(c1)nnn[n+]3NNN2. The Morgan fingerprint density at radius 3 is 3.31 bits per heavy atom. The van der Waals surface area contributed by atoms with Crippen molar-refractivity contribution in [3.8, 4) is 0 Å². The van der Waals surface area contributed by atoms with Crippen molar-refractivity contribution in [2.45, 2.75) is 0 Å². The Bertz CT molecular complexity index is 429. The molecule has 3 rings (SSSR count). The average Bonchev–Trinajstić information content (AvgIpc) is 2.19. The number of hydrazine groups is 2. The fourth-order valence-electron chi connectivity index (χ4n) is 1.31. The molecule has 0 aliphatic carbocycles. The van der Waals surface area contributed by atoms with Crippen molar-refractivity contribution in [3.63, 3.8) is 0 Å². The third-order valence-corrected chi connectivity index (χ3v) is 1.87. The Balaban J connectivity index is 2.49. The second kappa shape index (κ2) is 2.23. The molecule has 7 nitrogen and oxygen atoms in total. The van der Waals surface area contributed by atoms with Crippen LogP contribution in [-0.2, 0) is 0 Å². The molecule has 1 aromatic heterocycles. The molecule has 0 saturated heterocycles. The van der Waals surface area contributed by atoms with E-state index in [0.29, 0.717) is 0 Å². The lowest BCUT2D eigenvalue weighted by Gasteiger charge is -2.14. The molecule has 3 N–H and O–H groups in total. The van der Waals surface area contributed by atoms with Gasteiger partial charge in [0.25, 0.3) is 0 Å². The maximum absolute atomic E-state index is 3.89. The Hall–Kier alpha value is -2.02. The van der Waals surface area contributed by atoms with Gasteiger partial charge in [-0.2, -0.15) is 0 Å². The average molecular weight is 176 g/mol. The van der Waals surface area contributed by atoms with E-state index >= 15 is 0 Å². The van der Waals surface area contributed by atoms with Crippen molar-refractivity contribution in [2.24, 2.45) is 0 Å². The highest BCUT2D eigenvalue weighted by molar-refractivity contribution is 5.84. The van der Waals surface area contributed by atoms with Crippen molar-refractivity contribution in [2.75, 3.05) is 11.0 Å². The van der Waals surface area contributed by atoms with Crippen molar-refractivity contribution in [1.29, 1.82) is 0 Å². The molecule has 1 aliphatic heterocycles. The van der Waals surface area contributed by atoms with E-state index < -0.39 is 0 Å². The molecule has 0 fully saturated rings. The topological polar surface area (TPSA) is 78.6 Å². The van der Waals surface area contributed by atoms with Gasteiger partial charge in [-0.3, -0.25) is 5.43 Å². The smallest absolute Gasteiger partial charge is 0.234 e. The zero-order chi connectivity index (χ0) is 8.67. The molecule has 0 bridgehead atoms. The van der Waals surface area contributed by atoms with Gasteiger partial charge in [0.2, 0.25) is 10.7 Å². The molecule has 13 heavy (non-hydrogen) atoms. The molecule has 0 unspecified atom stereocenters. The van der Waals surface area contributed by atoms with Crippen LogP contribution >= 0.6 is 0 Å². The molecule has 0 amide bonds. The summed E-state index contributed by atoms with van der Waals surface area (Å²) >= 11 is 0. The highest BCUT2D eigenvalue weighted by Gasteiger charge is 2.17. The van der Waals surface area contributed by atoms with Crippen LogP contribution in [0.5, 0.6) is 0 Å². The molecule has 2 aromatic rings. The highest BCUT2D eigenvalue weighted by atomic mass is 15.8. The largest absolute Gasteiger partial charge is 0.297 e. The Labute approximate surface area is 72.7 Å². The first-order valence-corrected chi connectivity index (χ1v) is 3.76. The van der Waals surface area contributed by atoms with Crippen LogP contribution in [0.25, 0.3) is 11.0 Å². The predicted octanol–water partition coefficient (Wildman–Crippen LogP) is -1.30. The number of benzene rings is 1. The first-order chi connectivity index (χ1) is 6.45. The maximum atomic E-state index is 3.89. The maximum Gasteiger partial charge on any atom is 0.234 e. The summed E-state index contributed by atoms with van der Waals surface area (Å²) in [6, 6.07) is 5.70. The van der Waals surface area contributed by atoms with Gasteiger partial charge in [-0.1, -0.05) is 6.07 Å². The fourth-order valence-corrected chi connectivity index (χ4v) is 1.31.